The average molecular weight is 406 g/mol. The fourth-order valence-electron chi connectivity index (χ4n) is 3.43. The first-order chi connectivity index (χ1) is 14.4. The number of nitrogens with two attached hydrogens (primary N) is 2. The Labute approximate surface area is 171 Å². The van der Waals surface area contributed by atoms with Gasteiger partial charge in [0.1, 0.15) is 11.9 Å². The monoisotopic (exact) mass is 406 g/mol. The number of benzene rings is 1. The Morgan fingerprint density at radius 3 is 2.77 bits per heavy atom. The van der Waals surface area contributed by atoms with Gasteiger partial charge in [-0.3, -0.25) is 10.3 Å². The van der Waals surface area contributed by atoms with Crippen LogP contribution in [0.1, 0.15) is 18.4 Å². The number of pyridine rings is 2. The van der Waals surface area contributed by atoms with Crippen molar-refractivity contribution in [1.29, 1.82) is 5.26 Å². The highest BCUT2D eigenvalue weighted by molar-refractivity contribution is 5.99. The number of halogens is 1. The SMILES string of the molecule is Cc1c(N)cncc1-c1cc2cc(NC(=O)O[C@H]3C[C@@H](C#N)C3)ncc2c(N)c1F. The van der Waals surface area contributed by atoms with Gasteiger partial charge in [-0.05, 0) is 30.0 Å². The summed E-state index contributed by atoms with van der Waals surface area (Å²) in [6.45, 7) is 1.78. The molecule has 0 radical (unpaired) electrons. The Kier molecular flexibility index (Phi) is 4.83. The molecule has 30 heavy (non-hydrogen) atoms. The number of hydrogen-bond donors (Lipinski definition) is 3. The predicted molar refractivity (Wildman–Crippen MR) is 111 cm³/mol. The van der Waals surface area contributed by atoms with Crippen LogP contribution >= 0.6 is 0 Å². The number of aromatic nitrogens is 2. The summed E-state index contributed by atoms with van der Waals surface area (Å²) in [7, 11) is 0. The molecule has 1 saturated carbocycles. The third kappa shape index (κ3) is 3.43. The molecule has 4 rings (SSSR count). The summed E-state index contributed by atoms with van der Waals surface area (Å²) < 4.78 is 20.2. The Morgan fingerprint density at radius 1 is 1.27 bits per heavy atom. The van der Waals surface area contributed by atoms with Crippen molar-refractivity contribution in [3.63, 3.8) is 0 Å². The van der Waals surface area contributed by atoms with Gasteiger partial charge in [-0.15, -0.1) is 0 Å². The van der Waals surface area contributed by atoms with Gasteiger partial charge in [-0.2, -0.15) is 5.26 Å². The zero-order valence-electron chi connectivity index (χ0n) is 16.1. The molecule has 2 heterocycles. The molecule has 0 unspecified atom stereocenters. The van der Waals surface area contributed by atoms with Crippen LogP contribution in [0.25, 0.3) is 21.9 Å². The first-order valence-electron chi connectivity index (χ1n) is 9.32. The normalized spacial score (nSPS) is 17.8. The summed E-state index contributed by atoms with van der Waals surface area (Å²) in [5.41, 5.74) is 13.8. The molecule has 8 nitrogen and oxygen atoms in total. The van der Waals surface area contributed by atoms with Crippen LogP contribution in [-0.2, 0) is 4.74 Å². The van der Waals surface area contributed by atoms with Crippen LogP contribution in [0.2, 0.25) is 0 Å². The number of nitrogens with one attached hydrogen (secondary N) is 1. The maximum absolute atomic E-state index is 15.0. The second-order valence-electron chi connectivity index (χ2n) is 7.29. The fourth-order valence-corrected chi connectivity index (χ4v) is 3.43. The molecule has 1 aromatic carbocycles. The van der Waals surface area contributed by atoms with E-state index in [4.69, 9.17) is 21.5 Å². The van der Waals surface area contributed by atoms with Crippen molar-refractivity contribution < 1.29 is 13.9 Å². The van der Waals surface area contributed by atoms with Crippen LogP contribution in [0.5, 0.6) is 0 Å². The van der Waals surface area contributed by atoms with Crippen LogP contribution in [0.4, 0.5) is 26.4 Å². The second-order valence-corrected chi connectivity index (χ2v) is 7.29. The van der Waals surface area contributed by atoms with Crippen molar-refractivity contribution in [2.75, 3.05) is 16.8 Å². The van der Waals surface area contributed by atoms with Gasteiger partial charge in [0.2, 0.25) is 0 Å². The van der Waals surface area contributed by atoms with Gasteiger partial charge in [-0.25, -0.2) is 14.2 Å². The largest absolute Gasteiger partial charge is 0.446 e. The Morgan fingerprint density at radius 2 is 2.03 bits per heavy atom. The molecule has 152 valence electrons. The van der Waals surface area contributed by atoms with E-state index in [1.807, 2.05) is 0 Å². The molecule has 1 amide bonds. The molecule has 0 atom stereocenters. The van der Waals surface area contributed by atoms with Crippen molar-refractivity contribution in [2.45, 2.75) is 25.9 Å². The zero-order chi connectivity index (χ0) is 21.4. The van der Waals surface area contributed by atoms with Crippen LogP contribution in [0.3, 0.4) is 0 Å². The Balaban J connectivity index is 1.64. The minimum absolute atomic E-state index is 0.0528. The van der Waals surface area contributed by atoms with E-state index in [0.29, 0.717) is 40.4 Å². The molecule has 0 bridgehead atoms. The number of anilines is 3. The number of carbonyl (C=O) groups is 1. The van der Waals surface area contributed by atoms with Crippen LogP contribution in [0, 0.1) is 30.0 Å². The topological polar surface area (TPSA) is 140 Å². The number of nitrogen functional groups attached to an aromatic ring is 2. The summed E-state index contributed by atoms with van der Waals surface area (Å²) in [6, 6.07) is 5.34. The third-order valence-electron chi connectivity index (χ3n) is 5.32. The molecule has 1 fully saturated rings. The highest BCUT2D eigenvalue weighted by Crippen LogP contribution is 2.36. The summed E-state index contributed by atoms with van der Waals surface area (Å²) >= 11 is 0. The van der Waals surface area contributed by atoms with E-state index < -0.39 is 11.9 Å². The maximum Gasteiger partial charge on any atom is 0.413 e. The smallest absolute Gasteiger partial charge is 0.413 e. The van der Waals surface area contributed by atoms with Crippen LogP contribution < -0.4 is 16.8 Å². The molecule has 1 aliphatic carbocycles. The third-order valence-corrected chi connectivity index (χ3v) is 5.32. The number of nitriles is 1. The first-order valence-corrected chi connectivity index (χ1v) is 9.32. The van der Waals surface area contributed by atoms with Gasteiger partial charge in [0.25, 0.3) is 0 Å². The predicted octanol–water partition coefficient (Wildman–Crippen LogP) is 3.76. The molecule has 3 aromatic rings. The number of amides is 1. The summed E-state index contributed by atoms with van der Waals surface area (Å²) in [4.78, 5) is 20.2. The van der Waals surface area contributed by atoms with E-state index in [2.05, 4.69) is 21.4 Å². The van der Waals surface area contributed by atoms with E-state index in [0.717, 1.165) is 0 Å². The van der Waals surface area contributed by atoms with Crippen molar-refractivity contribution in [3.05, 3.63) is 42.1 Å². The van der Waals surface area contributed by atoms with Crippen molar-refractivity contribution >= 4 is 34.1 Å². The van der Waals surface area contributed by atoms with Crippen molar-refractivity contribution in [2.24, 2.45) is 5.92 Å². The van der Waals surface area contributed by atoms with Crippen molar-refractivity contribution in [3.8, 4) is 17.2 Å². The van der Waals surface area contributed by atoms with Gasteiger partial charge in [0.15, 0.2) is 5.82 Å². The van der Waals surface area contributed by atoms with E-state index in [-0.39, 0.29) is 29.1 Å². The number of carbonyl (C=O) groups excluding carboxylic acids is 1. The lowest BCUT2D eigenvalue weighted by Crippen LogP contribution is -2.34. The lowest BCUT2D eigenvalue weighted by Gasteiger charge is -2.29. The standard InChI is InChI=1S/C21H19FN6O2/c1-10-15(7-26-9-17(10)24)14-4-12-5-18(27-8-16(12)20(25)19(14)22)28-21(29)30-13-2-11(3-13)6-23/h4-5,7-9,11,13H,2-3,24-25H2,1H3,(H,27,28,29)/t11-,13+. The fraction of sp³-hybridized carbons (Fsp3) is 0.238. The molecule has 5 N–H and O–H groups in total. The highest BCUT2D eigenvalue weighted by atomic mass is 19.1. The lowest BCUT2D eigenvalue weighted by molar-refractivity contribution is 0.0418. The zero-order valence-corrected chi connectivity index (χ0v) is 16.1. The summed E-state index contributed by atoms with van der Waals surface area (Å²) in [6.07, 6.45) is 4.55. The molecular formula is C21H19FN6O2. The van der Waals surface area contributed by atoms with Crippen LogP contribution in [-0.4, -0.2) is 22.2 Å². The van der Waals surface area contributed by atoms with E-state index in [1.54, 1.807) is 19.1 Å². The van der Waals surface area contributed by atoms with E-state index in [1.165, 1.54) is 18.6 Å². The Bertz CT molecular complexity index is 1200. The van der Waals surface area contributed by atoms with Gasteiger partial charge < -0.3 is 16.2 Å². The quantitative estimate of drug-likeness (QED) is 0.563. The van der Waals surface area contributed by atoms with Gasteiger partial charge in [-0.1, -0.05) is 0 Å². The number of hydrogen-bond acceptors (Lipinski definition) is 7. The lowest BCUT2D eigenvalue weighted by atomic mass is 9.84. The van der Waals surface area contributed by atoms with E-state index >= 15 is 0 Å². The van der Waals surface area contributed by atoms with Gasteiger partial charge >= 0.3 is 6.09 Å². The minimum atomic E-state index is -0.658. The number of nitrogens with zero attached hydrogens (tertiary/aromatic N) is 3. The molecular weight excluding hydrogens is 387 g/mol. The van der Waals surface area contributed by atoms with E-state index in [9.17, 15) is 9.18 Å². The average Bonchev–Trinajstić information content (AvgIpc) is 2.69. The second kappa shape index (κ2) is 7.48. The molecule has 0 saturated heterocycles. The molecule has 9 heteroatoms. The summed E-state index contributed by atoms with van der Waals surface area (Å²) in [5, 5.41) is 12.4. The molecule has 2 aromatic heterocycles. The van der Waals surface area contributed by atoms with Crippen molar-refractivity contribution in [1.82, 2.24) is 9.97 Å². The van der Waals surface area contributed by atoms with Gasteiger partial charge in [0, 0.05) is 41.7 Å². The Hall–Kier alpha value is -3.93. The minimum Gasteiger partial charge on any atom is -0.446 e. The molecule has 1 aliphatic rings. The number of fused-ring (bicyclic) bond motifs is 1. The highest BCUT2D eigenvalue weighted by Gasteiger charge is 2.32. The number of ether oxygens (including phenoxy) is 1. The molecule has 0 spiro atoms. The number of rotatable bonds is 3. The first kappa shape index (κ1) is 19.4. The summed E-state index contributed by atoms with van der Waals surface area (Å²) in [5.74, 6) is -0.414. The van der Waals surface area contributed by atoms with Gasteiger partial charge in [0.05, 0.1) is 29.6 Å². The molecule has 0 aliphatic heterocycles. The van der Waals surface area contributed by atoms with Crippen LogP contribution in [0.15, 0.2) is 30.7 Å². The maximum atomic E-state index is 15.0.